The molecule has 1 heterocycles. The Morgan fingerprint density at radius 3 is 2.43 bits per heavy atom. The summed E-state index contributed by atoms with van der Waals surface area (Å²) < 4.78 is 12.3. The minimum atomic E-state index is -0.995. The van der Waals surface area contributed by atoms with E-state index in [1.54, 1.807) is 7.05 Å². The minimum Gasteiger partial charge on any atom is -0.355 e. The van der Waals surface area contributed by atoms with Gasteiger partial charge in [0.1, 0.15) is 0 Å². The van der Waals surface area contributed by atoms with E-state index >= 15 is 0 Å². The van der Waals surface area contributed by atoms with E-state index in [0.29, 0.717) is 18.3 Å². The summed E-state index contributed by atoms with van der Waals surface area (Å²) in [7, 11) is 0.782. The molecule has 0 aromatic heterocycles. The molecule has 1 aliphatic heterocycles. The van der Waals surface area contributed by atoms with Crippen molar-refractivity contribution in [1.82, 2.24) is 15.5 Å². The lowest BCUT2D eigenvalue weighted by atomic mass is 10.0. The number of guanidine groups is 1. The molecule has 0 radical (unpaired) electrons. The molecule has 1 unspecified atom stereocenters. The first-order valence-electron chi connectivity index (χ1n) is 10.0. The van der Waals surface area contributed by atoms with Gasteiger partial charge in [0.15, 0.2) is 5.96 Å². The van der Waals surface area contributed by atoms with Crippen LogP contribution in [0.4, 0.5) is 0 Å². The van der Waals surface area contributed by atoms with Crippen molar-refractivity contribution in [1.29, 1.82) is 0 Å². The maximum atomic E-state index is 12.3. The van der Waals surface area contributed by atoms with Crippen LogP contribution in [0, 0.1) is 0 Å². The van der Waals surface area contributed by atoms with E-state index in [0.717, 1.165) is 48.4 Å². The van der Waals surface area contributed by atoms with Crippen molar-refractivity contribution in [2.75, 3.05) is 32.4 Å². The van der Waals surface area contributed by atoms with Crippen molar-refractivity contribution in [2.24, 2.45) is 4.99 Å². The molecule has 8 heteroatoms. The highest BCUT2D eigenvalue weighted by atomic mass is 127. The monoisotopic (exact) mass is 560 g/mol. The van der Waals surface area contributed by atoms with Crippen LogP contribution in [-0.2, 0) is 17.3 Å². The number of hydrogen-bond acceptors (Lipinski definition) is 3. The molecule has 5 nitrogen and oxygen atoms in total. The highest BCUT2D eigenvalue weighted by Gasteiger charge is 2.20. The molecule has 2 aromatic rings. The Morgan fingerprint density at radius 2 is 1.80 bits per heavy atom. The topological polar surface area (TPSA) is 56.7 Å². The number of nitrogens with zero attached hydrogens (tertiary/aromatic N) is 2. The molecule has 1 aliphatic rings. The zero-order valence-electron chi connectivity index (χ0n) is 17.2. The SMILES string of the molecule is CN=C(NCCS(=O)c1ccccc1)NC1CCN(Cc2ccc(Cl)cc2)CC1.I. The summed E-state index contributed by atoms with van der Waals surface area (Å²) in [5, 5.41) is 7.58. The Labute approximate surface area is 204 Å². The molecule has 0 spiro atoms. The lowest BCUT2D eigenvalue weighted by molar-refractivity contribution is 0.198. The van der Waals surface area contributed by atoms with Crippen LogP contribution in [0.2, 0.25) is 5.02 Å². The minimum absolute atomic E-state index is 0. The molecule has 2 N–H and O–H groups in total. The molecule has 0 amide bonds. The van der Waals surface area contributed by atoms with Crippen molar-refractivity contribution >= 4 is 52.3 Å². The number of benzene rings is 2. The molecular formula is C22H30ClIN4OS. The van der Waals surface area contributed by atoms with Crippen molar-refractivity contribution < 1.29 is 4.21 Å². The van der Waals surface area contributed by atoms with Crippen LogP contribution >= 0.6 is 35.6 Å². The first-order chi connectivity index (χ1) is 14.1. The zero-order chi connectivity index (χ0) is 20.5. The first kappa shape index (κ1) is 25.1. The van der Waals surface area contributed by atoms with Gasteiger partial charge in [-0.2, -0.15) is 0 Å². The molecule has 0 aliphatic carbocycles. The highest BCUT2D eigenvalue weighted by molar-refractivity contribution is 14.0. The maximum absolute atomic E-state index is 12.3. The number of likely N-dealkylation sites (tertiary alicyclic amines) is 1. The molecule has 2 aromatic carbocycles. The van der Waals surface area contributed by atoms with Gasteiger partial charge in [-0.3, -0.25) is 14.1 Å². The molecule has 164 valence electrons. The number of nitrogens with one attached hydrogen (secondary N) is 2. The number of piperidine rings is 1. The van der Waals surface area contributed by atoms with Gasteiger partial charge < -0.3 is 10.6 Å². The number of hydrogen-bond donors (Lipinski definition) is 2. The van der Waals surface area contributed by atoms with E-state index in [1.807, 2.05) is 42.5 Å². The van der Waals surface area contributed by atoms with Crippen LogP contribution in [0.5, 0.6) is 0 Å². The van der Waals surface area contributed by atoms with Crippen LogP contribution in [0.15, 0.2) is 64.5 Å². The van der Waals surface area contributed by atoms with E-state index in [4.69, 9.17) is 11.6 Å². The van der Waals surface area contributed by atoms with Crippen LogP contribution < -0.4 is 10.6 Å². The van der Waals surface area contributed by atoms with E-state index in [-0.39, 0.29) is 24.0 Å². The quantitative estimate of drug-likeness (QED) is 0.307. The molecular weight excluding hydrogens is 531 g/mol. The van der Waals surface area contributed by atoms with Gasteiger partial charge in [0, 0.05) is 54.9 Å². The molecule has 1 fully saturated rings. The molecule has 0 saturated carbocycles. The Bertz CT molecular complexity index is 812. The van der Waals surface area contributed by atoms with E-state index < -0.39 is 10.8 Å². The second kappa shape index (κ2) is 13.3. The van der Waals surface area contributed by atoms with Crippen molar-refractivity contribution in [3.63, 3.8) is 0 Å². The Balaban J connectivity index is 0.00000320. The van der Waals surface area contributed by atoms with Gasteiger partial charge in [0.25, 0.3) is 0 Å². The van der Waals surface area contributed by atoms with Crippen LogP contribution in [-0.4, -0.2) is 53.5 Å². The molecule has 30 heavy (non-hydrogen) atoms. The Kier molecular flexibility index (Phi) is 11.1. The van der Waals surface area contributed by atoms with Crippen LogP contribution in [0.1, 0.15) is 18.4 Å². The summed E-state index contributed by atoms with van der Waals surface area (Å²) in [6.45, 7) is 3.68. The predicted molar refractivity (Wildman–Crippen MR) is 137 cm³/mol. The summed E-state index contributed by atoms with van der Waals surface area (Å²) in [6.07, 6.45) is 2.15. The molecule has 1 saturated heterocycles. The molecule has 1 atom stereocenters. The van der Waals surface area contributed by atoms with Gasteiger partial charge in [-0.25, -0.2) is 0 Å². The second-order valence-electron chi connectivity index (χ2n) is 7.18. The summed E-state index contributed by atoms with van der Waals surface area (Å²) in [5.41, 5.74) is 1.30. The summed E-state index contributed by atoms with van der Waals surface area (Å²) in [6, 6.07) is 18.1. The van der Waals surface area contributed by atoms with Crippen molar-refractivity contribution in [3.8, 4) is 0 Å². The van der Waals surface area contributed by atoms with Crippen molar-refractivity contribution in [2.45, 2.75) is 30.3 Å². The third-order valence-electron chi connectivity index (χ3n) is 5.06. The number of halogens is 2. The highest BCUT2D eigenvalue weighted by Crippen LogP contribution is 2.16. The number of aliphatic imine (C=N–C) groups is 1. The lowest BCUT2D eigenvalue weighted by Gasteiger charge is -2.33. The normalized spacial score (nSPS) is 16.5. The van der Waals surface area contributed by atoms with E-state index in [2.05, 4.69) is 32.7 Å². The smallest absolute Gasteiger partial charge is 0.191 e. The van der Waals surface area contributed by atoms with Gasteiger partial charge in [0.05, 0.1) is 10.8 Å². The third-order valence-corrected chi connectivity index (χ3v) is 6.68. The van der Waals surface area contributed by atoms with Crippen LogP contribution in [0.3, 0.4) is 0 Å². The van der Waals surface area contributed by atoms with Gasteiger partial charge >= 0.3 is 0 Å². The third kappa shape index (κ3) is 8.17. The molecule has 0 bridgehead atoms. The summed E-state index contributed by atoms with van der Waals surface area (Å²) in [5.74, 6) is 1.34. The van der Waals surface area contributed by atoms with E-state index in [9.17, 15) is 4.21 Å². The maximum Gasteiger partial charge on any atom is 0.191 e. The summed E-state index contributed by atoms with van der Waals surface area (Å²) >= 11 is 5.96. The zero-order valence-corrected chi connectivity index (χ0v) is 21.1. The average molecular weight is 561 g/mol. The first-order valence-corrected chi connectivity index (χ1v) is 11.7. The van der Waals surface area contributed by atoms with Crippen molar-refractivity contribution in [3.05, 3.63) is 65.2 Å². The van der Waals surface area contributed by atoms with Gasteiger partial charge in [0.2, 0.25) is 0 Å². The molecule has 3 rings (SSSR count). The fourth-order valence-corrected chi connectivity index (χ4v) is 4.53. The predicted octanol–water partition coefficient (Wildman–Crippen LogP) is 3.90. The lowest BCUT2D eigenvalue weighted by Crippen LogP contribution is -2.49. The van der Waals surface area contributed by atoms with Gasteiger partial charge in [-0.15, -0.1) is 24.0 Å². The second-order valence-corrected chi connectivity index (χ2v) is 9.19. The Morgan fingerprint density at radius 1 is 1.13 bits per heavy atom. The largest absolute Gasteiger partial charge is 0.355 e. The van der Waals surface area contributed by atoms with Gasteiger partial charge in [-0.05, 0) is 42.7 Å². The fraction of sp³-hybridized carbons (Fsp3) is 0.409. The standard InChI is InChI=1S/C22H29ClN4OS.HI/c1-24-22(25-13-16-29(28)21-5-3-2-4-6-21)26-20-11-14-27(15-12-20)17-18-7-9-19(23)10-8-18;/h2-10,20H,11-17H2,1H3,(H2,24,25,26);1H. The van der Waals surface area contributed by atoms with E-state index in [1.165, 1.54) is 5.56 Å². The van der Waals surface area contributed by atoms with Gasteiger partial charge in [-0.1, -0.05) is 41.9 Å². The summed E-state index contributed by atoms with van der Waals surface area (Å²) in [4.78, 5) is 7.65. The van der Waals surface area contributed by atoms with Crippen LogP contribution in [0.25, 0.3) is 0 Å². The average Bonchev–Trinajstić information content (AvgIpc) is 2.76. The fourth-order valence-electron chi connectivity index (χ4n) is 3.42. The number of rotatable bonds is 7. The Hall–Kier alpha value is -1.16.